The maximum atomic E-state index is 14.7. The average molecular weight is 669 g/mol. The van der Waals surface area contributed by atoms with Gasteiger partial charge < -0.3 is 9.47 Å². The second-order valence-electron chi connectivity index (χ2n) is 9.67. The third-order valence-electron chi connectivity index (χ3n) is 6.12. The van der Waals surface area contributed by atoms with Gasteiger partial charge in [-0.1, -0.05) is 37.2 Å². The van der Waals surface area contributed by atoms with Crippen LogP contribution in [0.3, 0.4) is 0 Å². The van der Waals surface area contributed by atoms with Gasteiger partial charge in [-0.05, 0) is 54.7 Å². The summed E-state index contributed by atoms with van der Waals surface area (Å²) in [5, 5.41) is 0. The van der Waals surface area contributed by atoms with Crippen LogP contribution in [0.15, 0.2) is 54.7 Å². The molecule has 4 rings (SSSR count). The summed E-state index contributed by atoms with van der Waals surface area (Å²) in [4.78, 5) is 4.18. The fourth-order valence-corrected chi connectivity index (χ4v) is 3.99. The third kappa shape index (κ3) is 8.94. The zero-order valence-electron chi connectivity index (χ0n) is 23.7. The number of alkyl halides is 5. The van der Waals surface area contributed by atoms with Crippen LogP contribution < -0.4 is 9.47 Å². The van der Waals surface area contributed by atoms with Crippen LogP contribution in [0.25, 0.3) is 0 Å². The van der Waals surface area contributed by atoms with Crippen LogP contribution in [0.1, 0.15) is 53.3 Å². The highest BCUT2D eigenvalue weighted by molar-refractivity contribution is 5.49. The van der Waals surface area contributed by atoms with Gasteiger partial charge in [-0.15, -0.1) is 13.2 Å². The number of aromatic nitrogens is 1. The van der Waals surface area contributed by atoms with Crippen LogP contribution in [-0.4, -0.2) is 11.3 Å². The molecule has 0 aliphatic rings. The molecule has 0 amide bonds. The van der Waals surface area contributed by atoms with E-state index < -0.39 is 75.6 Å². The Morgan fingerprint density at radius 3 is 1.72 bits per heavy atom. The van der Waals surface area contributed by atoms with Crippen molar-refractivity contribution in [3.05, 3.63) is 123 Å². The number of rotatable bonds is 7. The molecule has 3 nitrogen and oxygen atoms in total. The van der Waals surface area contributed by atoms with Gasteiger partial charge in [0.2, 0.25) is 5.75 Å². The lowest BCUT2D eigenvalue weighted by Crippen LogP contribution is -2.25. The highest BCUT2D eigenvalue weighted by atomic mass is 19.4. The summed E-state index contributed by atoms with van der Waals surface area (Å²) >= 11 is 0. The van der Waals surface area contributed by atoms with E-state index in [-0.39, 0.29) is 29.8 Å². The Kier molecular flexibility index (Phi) is 10.3. The summed E-state index contributed by atoms with van der Waals surface area (Å²) in [6.45, 7) is 2.05. The lowest BCUT2D eigenvalue weighted by molar-refractivity contribution is -0.276. The Hall–Kier alpha value is -5.24. The third-order valence-corrected chi connectivity index (χ3v) is 6.12. The molecule has 1 heterocycles. The molecular weight excluding hydrogens is 651 g/mol. The molecule has 47 heavy (non-hydrogen) atoms. The monoisotopic (exact) mass is 669 g/mol. The molecule has 4 aromatic rings. The molecule has 0 spiro atoms. The molecule has 0 saturated heterocycles. The molecule has 14 heteroatoms. The summed E-state index contributed by atoms with van der Waals surface area (Å²) in [6, 6.07) is 5.47. The number of halogens is 11. The fraction of sp³-hybridized carbons (Fsp3) is 0.182. The van der Waals surface area contributed by atoms with Crippen molar-refractivity contribution >= 4 is 0 Å². The second kappa shape index (κ2) is 14.0. The number of aryl methyl sites for hydroxylation is 1. The van der Waals surface area contributed by atoms with Crippen LogP contribution in [0.4, 0.5) is 48.3 Å². The van der Waals surface area contributed by atoms with E-state index >= 15 is 0 Å². The van der Waals surface area contributed by atoms with E-state index in [1.807, 2.05) is 17.9 Å². The van der Waals surface area contributed by atoms with Crippen molar-refractivity contribution in [1.82, 2.24) is 4.98 Å². The van der Waals surface area contributed by atoms with Crippen molar-refractivity contribution in [2.24, 2.45) is 0 Å². The predicted molar refractivity (Wildman–Crippen MR) is 145 cm³/mol. The van der Waals surface area contributed by atoms with Gasteiger partial charge >= 0.3 is 12.5 Å². The topological polar surface area (TPSA) is 31.4 Å². The molecule has 0 bridgehead atoms. The quantitative estimate of drug-likeness (QED) is 0.145. The standard InChI is InChI=1S/C33H18F11NO2/c1-2-3-4-18-5-8-21(45-17-18)9-6-19-11-24(34)23(25(35)12-19)10-7-20-13-26(36)30(27(37)14-20)32(40,41)46-22-15-28(38)31(29(39)16-22)47-33(42,43)44/h5,8,11-17H,2-4H2,1H3. The van der Waals surface area contributed by atoms with Gasteiger partial charge in [-0.2, -0.15) is 8.78 Å². The highest BCUT2D eigenvalue weighted by Gasteiger charge is 2.42. The first-order chi connectivity index (χ1) is 22.1. The van der Waals surface area contributed by atoms with E-state index in [0.717, 1.165) is 37.0 Å². The van der Waals surface area contributed by atoms with E-state index in [2.05, 4.69) is 33.2 Å². The number of nitrogens with zero attached hydrogens (tertiary/aromatic N) is 1. The minimum atomic E-state index is -5.53. The van der Waals surface area contributed by atoms with E-state index in [9.17, 15) is 48.3 Å². The zero-order valence-corrected chi connectivity index (χ0v) is 23.7. The zero-order chi connectivity index (χ0) is 34.5. The lowest BCUT2D eigenvalue weighted by atomic mass is 10.1. The summed E-state index contributed by atoms with van der Waals surface area (Å²) < 4.78 is 160. The first-order valence-corrected chi connectivity index (χ1v) is 13.4. The Balaban J connectivity index is 1.53. The van der Waals surface area contributed by atoms with Gasteiger partial charge in [-0.3, -0.25) is 0 Å². The summed E-state index contributed by atoms with van der Waals surface area (Å²) in [6.07, 6.45) is -6.01. The summed E-state index contributed by atoms with van der Waals surface area (Å²) in [5.41, 5.74) is -2.25. The van der Waals surface area contributed by atoms with Gasteiger partial charge in [-0.25, -0.2) is 31.3 Å². The molecular formula is C33H18F11NO2. The van der Waals surface area contributed by atoms with Crippen molar-refractivity contribution in [3.8, 4) is 35.2 Å². The molecule has 1 aromatic heterocycles. The molecule has 0 fully saturated rings. The van der Waals surface area contributed by atoms with Gasteiger partial charge in [0.15, 0.2) is 11.6 Å². The Labute approximate surface area is 260 Å². The number of ether oxygens (including phenoxy) is 2. The molecule has 244 valence electrons. The highest BCUT2D eigenvalue weighted by Crippen LogP contribution is 2.38. The first-order valence-electron chi connectivity index (χ1n) is 13.4. The van der Waals surface area contributed by atoms with Gasteiger partial charge in [0.05, 0.1) is 5.56 Å². The molecule has 0 radical (unpaired) electrons. The molecule has 0 atom stereocenters. The largest absolute Gasteiger partial charge is 0.573 e. The minimum Gasteiger partial charge on any atom is -0.429 e. The lowest BCUT2D eigenvalue weighted by Gasteiger charge is -2.20. The number of benzene rings is 3. The first kappa shape index (κ1) is 34.6. The van der Waals surface area contributed by atoms with Gasteiger partial charge in [0, 0.05) is 29.5 Å². The molecule has 0 aliphatic carbocycles. The van der Waals surface area contributed by atoms with Crippen molar-refractivity contribution in [2.75, 3.05) is 0 Å². The average Bonchev–Trinajstić information content (AvgIpc) is 2.96. The minimum absolute atomic E-state index is 0.0756. The summed E-state index contributed by atoms with van der Waals surface area (Å²) in [5.74, 6) is -4.71. The second-order valence-corrected chi connectivity index (χ2v) is 9.67. The molecule has 0 saturated carbocycles. The van der Waals surface area contributed by atoms with E-state index in [0.29, 0.717) is 5.69 Å². The molecule has 3 aromatic carbocycles. The number of pyridine rings is 1. The Morgan fingerprint density at radius 2 is 1.21 bits per heavy atom. The summed E-state index contributed by atoms with van der Waals surface area (Å²) in [7, 11) is 0. The van der Waals surface area contributed by atoms with E-state index in [1.54, 1.807) is 12.3 Å². The Bertz CT molecular complexity index is 1850. The van der Waals surface area contributed by atoms with Crippen molar-refractivity contribution in [2.45, 2.75) is 38.7 Å². The van der Waals surface area contributed by atoms with Gasteiger partial charge in [0.25, 0.3) is 0 Å². The Morgan fingerprint density at radius 1 is 0.660 bits per heavy atom. The maximum Gasteiger partial charge on any atom is 0.573 e. The van der Waals surface area contributed by atoms with Crippen molar-refractivity contribution in [3.63, 3.8) is 0 Å². The van der Waals surface area contributed by atoms with E-state index in [4.69, 9.17) is 0 Å². The predicted octanol–water partition coefficient (Wildman–Crippen LogP) is 9.09. The molecule has 0 unspecified atom stereocenters. The number of hydrogen-bond acceptors (Lipinski definition) is 3. The van der Waals surface area contributed by atoms with Crippen molar-refractivity contribution in [1.29, 1.82) is 0 Å². The van der Waals surface area contributed by atoms with E-state index in [1.165, 1.54) is 0 Å². The van der Waals surface area contributed by atoms with Crippen LogP contribution >= 0.6 is 0 Å². The molecule has 0 aliphatic heterocycles. The van der Waals surface area contributed by atoms with Crippen LogP contribution in [0.5, 0.6) is 11.5 Å². The van der Waals surface area contributed by atoms with Crippen LogP contribution in [0, 0.1) is 58.6 Å². The fourth-order valence-electron chi connectivity index (χ4n) is 3.99. The smallest absolute Gasteiger partial charge is 0.429 e. The van der Waals surface area contributed by atoms with Crippen LogP contribution in [0.2, 0.25) is 0 Å². The van der Waals surface area contributed by atoms with Gasteiger partial charge in [0.1, 0.15) is 40.3 Å². The number of unbranched alkanes of at least 4 members (excludes halogenated alkanes) is 1. The van der Waals surface area contributed by atoms with Crippen LogP contribution in [-0.2, 0) is 12.5 Å². The molecule has 0 N–H and O–H groups in total. The normalized spacial score (nSPS) is 11.3. The van der Waals surface area contributed by atoms with Crippen molar-refractivity contribution < 1.29 is 57.8 Å². The maximum absolute atomic E-state index is 14.7. The SMILES string of the molecule is CCCCc1ccc(C#Cc2cc(F)c(C#Cc3cc(F)c(C(F)(F)Oc4cc(F)c(OC(F)(F)F)c(F)c4)c(F)c3)c(F)c2)nc1. The number of hydrogen-bond donors (Lipinski definition) is 0.